The van der Waals surface area contributed by atoms with Crippen molar-refractivity contribution >= 4 is 34.8 Å². The fraction of sp³-hybridized carbons (Fsp3) is 0.227. The van der Waals surface area contributed by atoms with Gasteiger partial charge in [0, 0.05) is 5.56 Å². The van der Waals surface area contributed by atoms with E-state index >= 15 is 0 Å². The summed E-state index contributed by atoms with van der Waals surface area (Å²) in [7, 11) is 2.68. The van der Waals surface area contributed by atoms with Gasteiger partial charge in [-0.3, -0.25) is 9.59 Å². The number of hydrogen-bond donors (Lipinski definition) is 0. The third-order valence-electron chi connectivity index (χ3n) is 4.60. The molecule has 9 heteroatoms. The largest absolute Gasteiger partial charge is 0.479 e. The molecule has 0 fully saturated rings. The van der Waals surface area contributed by atoms with Crippen LogP contribution in [0.25, 0.3) is 0 Å². The number of aromatic nitrogens is 2. The van der Waals surface area contributed by atoms with Crippen LogP contribution in [0.5, 0.6) is 11.8 Å². The Labute approximate surface area is 189 Å². The van der Waals surface area contributed by atoms with Crippen LogP contribution in [0.3, 0.4) is 0 Å². The van der Waals surface area contributed by atoms with Gasteiger partial charge in [0.2, 0.25) is 5.78 Å². The number of methoxy groups -OCH3 is 1. The average Bonchev–Trinajstić information content (AvgIpc) is 3.13. The van der Waals surface area contributed by atoms with Crippen LogP contribution >= 0.6 is 23.2 Å². The van der Waals surface area contributed by atoms with Gasteiger partial charge in [0.1, 0.15) is 7.11 Å². The van der Waals surface area contributed by atoms with E-state index < -0.39 is 5.78 Å². The monoisotopic (exact) mass is 462 g/mol. The summed E-state index contributed by atoms with van der Waals surface area (Å²) in [5.74, 6) is -1.01. The van der Waals surface area contributed by atoms with Gasteiger partial charge in [-0.1, -0.05) is 69.0 Å². The second-order valence-electron chi connectivity index (χ2n) is 6.71. The van der Waals surface area contributed by atoms with Gasteiger partial charge < -0.3 is 14.3 Å². The van der Waals surface area contributed by atoms with Gasteiger partial charge in [0.15, 0.2) is 18.0 Å². The number of rotatable bonds is 8. The molecule has 0 atom stereocenters. The molecule has 0 aliphatic carbocycles. The predicted octanol–water partition coefficient (Wildman–Crippen LogP) is 4.37. The van der Waals surface area contributed by atoms with Crippen LogP contribution in [0.4, 0.5) is 0 Å². The molecule has 3 aromatic rings. The van der Waals surface area contributed by atoms with Gasteiger partial charge in [-0.2, -0.15) is 0 Å². The van der Waals surface area contributed by atoms with Crippen molar-refractivity contribution < 1.29 is 23.9 Å². The molecule has 0 N–H and O–H groups in total. The summed E-state index contributed by atoms with van der Waals surface area (Å²) in [5.41, 5.74) is 2.19. The number of benzene rings is 2. The molecule has 162 valence electrons. The van der Waals surface area contributed by atoms with Crippen LogP contribution in [0.2, 0.25) is 10.0 Å². The number of ketones is 2. The standard InChI is InChI=1S/C22H20Cl2N2O5/c1-12-5-8-14(9-6-12)16(27)11-31-22-18(21(29-3)25-26(22)30-4)20(28)17-15(23)10-7-13(2)19(17)24/h5-10H,11H2,1-4H3. The van der Waals surface area contributed by atoms with Gasteiger partial charge >= 0.3 is 0 Å². The Bertz CT molecular complexity index is 1140. The third kappa shape index (κ3) is 4.52. The highest BCUT2D eigenvalue weighted by molar-refractivity contribution is 6.41. The van der Waals surface area contributed by atoms with E-state index in [4.69, 9.17) is 37.5 Å². The van der Waals surface area contributed by atoms with Crippen LogP contribution in [-0.4, -0.2) is 42.3 Å². The van der Waals surface area contributed by atoms with Crippen LogP contribution in [0.15, 0.2) is 36.4 Å². The summed E-state index contributed by atoms with van der Waals surface area (Å²) < 4.78 is 10.9. The van der Waals surface area contributed by atoms with Gasteiger partial charge in [-0.15, -0.1) is 0 Å². The lowest BCUT2D eigenvalue weighted by atomic mass is 10.0. The van der Waals surface area contributed by atoms with Gasteiger partial charge in [-0.05, 0) is 25.5 Å². The lowest BCUT2D eigenvalue weighted by Gasteiger charge is -2.11. The Kier molecular flexibility index (Phi) is 6.87. The molecule has 1 heterocycles. The highest BCUT2D eigenvalue weighted by atomic mass is 35.5. The molecular weight excluding hydrogens is 443 g/mol. The molecule has 3 rings (SSSR count). The first-order chi connectivity index (χ1) is 14.8. The van der Waals surface area contributed by atoms with Crippen molar-refractivity contribution in [1.82, 2.24) is 9.94 Å². The molecule has 31 heavy (non-hydrogen) atoms. The van der Waals surface area contributed by atoms with Crippen molar-refractivity contribution in [1.29, 1.82) is 0 Å². The molecule has 0 unspecified atom stereocenters. The second kappa shape index (κ2) is 9.41. The van der Waals surface area contributed by atoms with E-state index in [2.05, 4.69) is 5.10 Å². The van der Waals surface area contributed by atoms with E-state index in [-0.39, 0.29) is 45.3 Å². The van der Waals surface area contributed by atoms with E-state index in [9.17, 15) is 9.59 Å². The minimum Gasteiger partial charge on any atom is -0.479 e. The quantitative estimate of drug-likeness (QED) is 0.462. The van der Waals surface area contributed by atoms with Crippen molar-refractivity contribution in [2.45, 2.75) is 13.8 Å². The topological polar surface area (TPSA) is 79.7 Å². The van der Waals surface area contributed by atoms with Crippen LogP contribution < -0.4 is 14.3 Å². The first-order valence-corrected chi connectivity index (χ1v) is 9.97. The summed E-state index contributed by atoms with van der Waals surface area (Å²) >= 11 is 12.6. The molecule has 7 nitrogen and oxygen atoms in total. The molecule has 2 aromatic carbocycles. The van der Waals surface area contributed by atoms with Crippen molar-refractivity contribution in [3.63, 3.8) is 0 Å². The Morgan fingerprint density at radius 3 is 2.29 bits per heavy atom. The number of carbonyl (C=O) groups is 2. The Balaban J connectivity index is 2.00. The molecule has 0 saturated carbocycles. The van der Waals surface area contributed by atoms with Crippen LogP contribution in [-0.2, 0) is 0 Å². The Morgan fingerprint density at radius 1 is 1.00 bits per heavy atom. The summed E-state index contributed by atoms with van der Waals surface area (Å²) in [6, 6.07) is 10.3. The Morgan fingerprint density at radius 2 is 1.68 bits per heavy atom. The maximum absolute atomic E-state index is 13.4. The number of halogens is 2. The molecule has 0 aliphatic heterocycles. The maximum Gasteiger partial charge on any atom is 0.266 e. The number of aryl methyl sites for hydroxylation is 2. The van der Waals surface area contributed by atoms with Crippen molar-refractivity contribution in [2.75, 3.05) is 20.8 Å². The highest BCUT2D eigenvalue weighted by Crippen LogP contribution is 2.36. The molecule has 0 saturated heterocycles. The lowest BCUT2D eigenvalue weighted by Crippen LogP contribution is -2.18. The van der Waals surface area contributed by atoms with Crippen molar-refractivity contribution in [2.24, 2.45) is 0 Å². The molecule has 0 spiro atoms. The molecule has 0 aliphatic rings. The maximum atomic E-state index is 13.4. The fourth-order valence-electron chi connectivity index (χ4n) is 2.90. The number of carbonyl (C=O) groups excluding carboxylic acids is 2. The zero-order chi connectivity index (χ0) is 22.7. The van der Waals surface area contributed by atoms with Gasteiger partial charge in [-0.25, -0.2) is 0 Å². The number of ether oxygens (including phenoxy) is 2. The molecule has 0 amide bonds. The SMILES string of the molecule is COc1nn(OC)c(OCC(=O)c2ccc(C)cc2)c1C(=O)c1c(Cl)ccc(C)c1Cl. The minimum atomic E-state index is -0.573. The smallest absolute Gasteiger partial charge is 0.266 e. The first kappa shape index (κ1) is 22.7. The van der Waals surface area contributed by atoms with Crippen LogP contribution in [0, 0.1) is 13.8 Å². The first-order valence-electron chi connectivity index (χ1n) is 9.22. The average molecular weight is 463 g/mol. The number of Topliss-reactive ketones (excluding diaryl/α,β-unsaturated/α-hetero) is 1. The molecule has 1 aromatic heterocycles. The third-order valence-corrected chi connectivity index (χ3v) is 5.40. The summed E-state index contributed by atoms with van der Waals surface area (Å²) in [6.07, 6.45) is 0. The predicted molar refractivity (Wildman–Crippen MR) is 117 cm³/mol. The van der Waals surface area contributed by atoms with Crippen LogP contribution in [0.1, 0.15) is 37.4 Å². The molecule has 0 radical (unpaired) electrons. The van der Waals surface area contributed by atoms with E-state index in [0.29, 0.717) is 11.1 Å². The summed E-state index contributed by atoms with van der Waals surface area (Å²) in [4.78, 5) is 32.1. The van der Waals surface area contributed by atoms with E-state index in [1.54, 1.807) is 31.2 Å². The zero-order valence-electron chi connectivity index (χ0n) is 17.4. The van der Waals surface area contributed by atoms with Crippen molar-refractivity contribution in [3.8, 4) is 11.8 Å². The number of hydrogen-bond acceptors (Lipinski definition) is 6. The fourth-order valence-corrected chi connectivity index (χ4v) is 3.44. The Hall–Kier alpha value is -3.03. The summed E-state index contributed by atoms with van der Waals surface area (Å²) in [6.45, 7) is 3.33. The van der Waals surface area contributed by atoms with Gasteiger partial charge in [0.25, 0.3) is 11.8 Å². The molecule has 0 bridgehead atoms. The van der Waals surface area contributed by atoms with E-state index in [1.165, 1.54) is 14.2 Å². The number of nitrogens with zero attached hydrogens (tertiary/aromatic N) is 2. The van der Waals surface area contributed by atoms with E-state index in [0.717, 1.165) is 10.4 Å². The second-order valence-corrected chi connectivity index (χ2v) is 7.49. The van der Waals surface area contributed by atoms with E-state index in [1.807, 2.05) is 19.1 Å². The summed E-state index contributed by atoms with van der Waals surface area (Å²) in [5, 5.41) is 4.43. The molecular formula is C22H20Cl2N2O5. The normalized spacial score (nSPS) is 10.6. The minimum absolute atomic E-state index is 0.0572. The highest BCUT2D eigenvalue weighted by Gasteiger charge is 2.31. The van der Waals surface area contributed by atoms with Gasteiger partial charge in [0.05, 0.1) is 22.7 Å². The zero-order valence-corrected chi connectivity index (χ0v) is 18.9. The van der Waals surface area contributed by atoms with Crippen molar-refractivity contribution in [3.05, 3.63) is 74.3 Å². The lowest BCUT2D eigenvalue weighted by molar-refractivity contribution is 0.0801.